The summed E-state index contributed by atoms with van der Waals surface area (Å²) < 4.78 is 0. The second-order valence-electron chi connectivity index (χ2n) is 4.58. The molecular formula is C9H10O5. The van der Waals surface area contributed by atoms with Crippen molar-refractivity contribution in [3.05, 3.63) is 0 Å². The Labute approximate surface area is 79.3 Å². The van der Waals surface area contributed by atoms with E-state index in [1.807, 2.05) is 0 Å². The van der Waals surface area contributed by atoms with Crippen LogP contribution in [-0.4, -0.2) is 33.4 Å². The van der Waals surface area contributed by atoms with Gasteiger partial charge in [-0.3, -0.25) is 9.59 Å². The van der Waals surface area contributed by atoms with Crippen molar-refractivity contribution in [2.75, 3.05) is 0 Å². The predicted molar refractivity (Wildman–Crippen MR) is 42.3 cm³/mol. The maximum atomic E-state index is 11.1. The summed E-state index contributed by atoms with van der Waals surface area (Å²) in [4.78, 5) is 22.0. The molecule has 0 aromatic heterocycles. The Morgan fingerprint density at radius 3 is 2.21 bits per heavy atom. The Kier molecular flexibility index (Phi) is 1.15. The van der Waals surface area contributed by atoms with E-state index in [4.69, 9.17) is 10.2 Å². The highest BCUT2D eigenvalue weighted by Crippen LogP contribution is 2.81. The SMILES string of the molecule is O=C(O)C1C2CC3C(C2O)C31C(=O)O. The molecule has 0 aromatic carbocycles. The van der Waals surface area contributed by atoms with Crippen molar-refractivity contribution in [2.24, 2.45) is 29.1 Å². The van der Waals surface area contributed by atoms with Crippen LogP contribution in [0.1, 0.15) is 6.42 Å². The number of carbonyl (C=O) groups is 2. The normalized spacial score (nSPS) is 57.4. The van der Waals surface area contributed by atoms with Crippen LogP contribution in [0.4, 0.5) is 0 Å². The topological polar surface area (TPSA) is 94.8 Å². The summed E-state index contributed by atoms with van der Waals surface area (Å²) in [6, 6.07) is 0. The van der Waals surface area contributed by atoms with Gasteiger partial charge in [-0.05, 0) is 18.3 Å². The fraction of sp³-hybridized carbons (Fsp3) is 0.778. The number of carboxylic acid groups (broad SMARTS) is 2. The van der Waals surface area contributed by atoms with E-state index < -0.39 is 29.4 Å². The van der Waals surface area contributed by atoms with Gasteiger partial charge < -0.3 is 15.3 Å². The zero-order valence-electron chi connectivity index (χ0n) is 7.25. The predicted octanol–water partition coefficient (Wildman–Crippen LogP) is -0.601. The van der Waals surface area contributed by atoms with Crippen LogP contribution < -0.4 is 0 Å². The van der Waals surface area contributed by atoms with Crippen molar-refractivity contribution >= 4 is 11.9 Å². The van der Waals surface area contributed by atoms with Gasteiger partial charge in [0.1, 0.15) is 0 Å². The summed E-state index contributed by atoms with van der Waals surface area (Å²) in [6.45, 7) is 0. The van der Waals surface area contributed by atoms with Crippen LogP contribution in [0.2, 0.25) is 0 Å². The molecule has 4 rings (SSSR count). The van der Waals surface area contributed by atoms with Crippen molar-refractivity contribution in [2.45, 2.75) is 12.5 Å². The molecule has 4 fully saturated rings. The first kappa shape index (κ1) is 8.23. The molecule has 0 aromatic rings. The monoisotopic (exact) mass is 198 g/mol. The van der Waals surface area contributed by atoms with Crippen LogP contribution in [0, 0.1) is 29.1 Å². The third-order valence-corrected chi connectivity index (χ3v) is 4.40. The highest BCUT2D eigenvalue weighted by Gasteiger charge is 2.88. The standard InChI is InChI=1S/C9H10O5/c10-6-2-1-3-5(6)9(3,8(13)14)4(2)7(11)12/h2-6,10H,1H2,(H,11,12)(H,13,14). The van der Waals surface area contributed by atoms with Gasteiger partial charge in [-0.15, -0.1) is 0 Å². The Morgan fingerprint density at radius 2 is 1.93 bits per heavy atom. The van der Waals surface area contributed by atoms with Gasteiger partial charge in [0.15, 0.2) is 0 Å². The van der Waals surface area contributed by atoms with Gasteiger partial charge in [-0.25, -0.2) is 0 Å². The first-order valence-corrected chi connectivity index (χ1v) is 4.67. The molecular weight excluding hydrogens is 188 g/mol. The molecule has 0 heterocycles. The summed E-state index contributed by atoms with van der Waals surface area (Å²) >= 11 is 0. The molecule has 4 saturated carbocycles. The summed E-state index contributed by atoms with van der Waals surface area (Å²) in [5.41, 5.74) is -1.13. The fourth-order valence-electron chi connectivity index (χ4n) is 4.02. The minimum absolute atomic E-state index is 0.0962. The summed E-state index contributed by atoms with van der Waals surface area (Å²) in [5.74, 6) is -3.71. The maximum absolute atomic E-state index is 11.1. The molecule has 6 atom stereocenters. The molecule has 4 aliphatic carbocycles. The van der Waals surface area contributed by atoms with Gasteiger partial charge in [0.2, 0.25) is 0 Å². The number of aliphatic hydroxyl groups is 1. The van der Waals surface area contributed by atoms with Crippen molar-refractivity contribution in [1.82, 2.24) is 0 Å². The van der Waals surface area contributed by atoms with Gasteiger partial charge in [-0.2, -0.15) is 0 Å². The summed E-state index contributed by atoms with van der Waals surface area (Å²) in [6.07, 6.45) is -0.146. The molecule has 0 spiro atoms. The molecule has 76 valence electrons. The van der Waals surface area contributed by atoms with E-state index in [0.717, 1.165) is 0 Å². The van der Waals surface area contributed by atoms with Crippen molar-refractivity contribution in [3.8, 4) is 0 Å². The minimum Gasteiger partial charge on any atom is -0.481 e. The van der Waals surface area contributed by atoms with Crippen LogP contribution in [0.25, 0.3) is 0 Å². The average Bonchev–Trinajstić information content (AvgIpc) is 2.39. The van der Waals surface area contributed by atoms with Gasteiger partial charge in [0.05, 0.1) is 17.4 Å². The van der Waals surface area contributed by atoms with Crippen molar-refractivity contribution < 1.29 is 24.9 Å². The summed E-state index contributed by atoms with van der Waals surface area (Å²) in [5, 5.41) is 27.7. The van der Waals surface area contributed by atoms with Crippen LogP contribution in [0.15, 0.2) is 0 Å². The third-order valence-electron chi connectivity index (χ3n) is 4.40. The quantitative estimate of drug-likeness (QED) is 0.550. The van der Waals surface area contributed by atoms with E-state index in [-0.39, 0.29) is 17.8 Å². The second kappa shape index (κ2) is 1.95. The van der Waals surface area contributed by atoms with Gasteiger partial charge in [-0.1, -0.05) is 0 Å². The van der Waals surface area contributed by atoms with E-state index >= 15 is 0 Å². The molecule has 3 N–H and O–H groups in total. The minimum atomic E-state index is -1.13. The number of carboxylic acids is 2. The molecule has 5 nitrogen and oxygen atoms in total. The van der Waals surface area contributed by atoms with E-state index in [0.29, 0.717) is 6.42 Å². The Hall–Kier alpha value is -1.10. The molecule has 0 saturated heterocycles. The van der Waals surface area contributed by atoms with Gasteiger partial charge >= 0.3 is 11.9 Å². The zero-order valence-corrected chi connectivity index (χ0v) is 7.25. The Bertz CT molecular complexity index is 349. The van der Waals surface area contributed by atoms with Crippen molar-refractivity contribution in [1.29, 1.82) is 0 Å². The molecule has 5 heteroatoms. The Morgan fingerprint density at radius 1 is 1.29 bits per heavy atom. The second-order valence-corrected chi connectivity index (χ2v) is 4.58. The van der Waals surface area contributed by atoms with Gasteiger partial charge in [0.25, 0.3) is 0 Å². The molecule has 0 amide bonds. The molecule has 0 radical (unpaired) electrons. The van der Waals surface area contributed by atoms with Crippen LogP contribution >= 0.6 is 0 Å². The molecule has 6 unspecified atom stereocenters. The molecule has 4 bridgehead atoms. The van der Waals surface area contributed by atoms with Gasteiger partial charge in [0, 0.05) is 5.92 Å². The summed E-state index contributed by atoms with van der Waals surface area (Å²) in [7, 11) is 0. The van der Waals surface area contributed by atoms with E-state index in [2.05, 4.69) is 0 Å². The average molecular weight is 198 g/mol. The van der Waals surface area contributed by atoms with Crippen LogP contribution in [-0.2, 0) is 9.59 Å². The molecule has 14 heavy (non-hydrogen) atoms. The number of hydrogen-bond acceptors (Lipinski definition) is 3. The van der Waals surface area contributed by atoms with E-state index in [9.17, 15) is 14.7 Å². The highest BCUT2D eigenvalue weighted by molar-refractivity contribution is 5.90. The first-order valence-electron chi connectivity index (χ1n) is 4.67. The van der Waals surface area contributed by atoms with Crippen molar-refractivity contribution in [3.63, 3.8) is 0 Å². The fourth-order valence-corrected chi connectivity index (χ4v) is 4.02. The Balaban J connectivity index is 2.09. The number of rotatable bonds is 2. The lowest BCUT2D eigenvalue weighted by atomic mass is 9.89. The number of hydrogen-bond donors (Lipinski definition) is 3. The van der Waals surface area contributed by atoms with E-state index in [1.54, 1.807) is 0 Å². The molecule has 4 aliphatic rings. The lowest BCUT2D eigenvalue weighted by Gasteiger charge is -2.15. The van der Waals surface area contributed by atoms with Crippen LogP contribution in [0.3, 0.4) is 0 Å². The smallest absolute Gasteiger partial charge is 0.311 e. The highest BCUT2D eigenvalue weighted by atomic mass is 16.4. The maximum Gasteiger partial charge on any atom is 0.311 e. The number of aliphatic hydroxyl groups excluding tert-OH is 1. The first-order chi connectivity index (χ1) is 6.52. The zero-order chi connectivity index (χ0) is 10.2. The lowest BCUT2D eigenvalue weighted by molar-refractivity contribution is -0.155. The van der Waals surface area contributed by atoms with Crippen LogP contribution in [0.5, 0.6) is 0 Å². The third kappa shape index (κ3) is 0.530. The number of aliphatic carboxylic acids is 2. The lowest BCUT2D eigenvalue weighted by Crippen LogP contribution is -2.31. The van der Waals surface area contributed by atoms with E-state index in [1.165, 1.54) is 0 Å². The molecule has 0 aliphatic heterocycles. The largest absolute Gasteiger partial charge is 0.481 e.